The van der Waals surface area contributed by atoms with Crippen LogP contribution in [0.25, 0.3) is 10.9 Å². The molecule has 4 rings (SSSR count). The summed E-state index contributed by atoms with van der Waals surface area (Å²) in [6.07, 6.45) is 0.851. The summed E-state index contributed by atoms with van der Waals surface area (Å²) in [6, 6.07) is 11.8. The van der Waals surface area contributed by atoms with Crippen molar-refractivity contribution in [2.24, 2.45) is 0 Å². The molecule has 0 atom stereocenters. The molecule has 0 radical (unpaired) electrons. The molecule has 1 aliphatic heterocycles. The van der Waals surface area contributed by atoms with Gasteiger partial charge in [0.05, 0.1) is 13.7 Å². The maximum absolute atomic E-state index is 13.0. The Morgan fingerprint density at radius 1 is 1.08 bits per heavy atom. The van der Waals surface area contributed by atoms with E-state index in [9.17, 15) is 4.79 Å². The number of carbonyl (C=O) groups excluding carboxylic acids is 1. The van der Waals surface area contributed by atoms with Crippen LogP contribution in [0.2, 0.25) is 0 Å². The van der Waals surface area contributed by atoms with Gasteiger partial charge in [0.25, 0.3) is 5.91 Å². The van der Waals surface area contributed by atoms with E-state index >= 15 is 0 Å². The number of H-pyrrole nitrogens is 1. The first-order chi connectivity index (χ1) is 12.1. The highest BCUT2D eigenvalue weighted by Gasteiger charge is 2.25. The van der Waals surface area contributed by atoms with Gasteiger partial charge >= 0.3 is 0 Å². The molecule has 4 heteroatoms. The average Bonchev–Trinajstić information content (AvgIpc) is 2.80. The van der Waals surface area contributed by atoms with Crippen LogP contribution in [0.4, 0.5) is 0 Å². The molecule has 0 fully saturated rings. The standard InChI is InChI=1S/C21H22N2O2/c1-13-4-6-15(7-5-13)21(24)23-11-10-16-14(2)22-18-8-9-19(25-3)17(12-23)20(16)18/h4-9,22H,10-12H2,1-3H3. The van der Waals surface area contributed by atoms with Crippen LogP contribution in [0.5, 0.6) is 5.75 Å². The summed E-state index contributed by atoms with van der Waals surface area (Å²) in [5.41, 5.74) is 6.58. The number of nitrogens with one attached hydrogen (secondary N) is 1. The van der Waals surface area contributed by atoms with Gasteiger partial charge in [-0.1, -0.05) is 17.7 Å². The first-order valence-electron chi connectivity index (χ1n) is 8.61. The van der Waals surface area contributed by atoms with E-state index in [-0.39, 0.29) is 5.91 Å². The van der Waals surface area contributed by atoms with Crippen molar-refractivity contribution in [3.05, 3.63) is 64.3 Å². The summed E-state index contributed by atoms with van der Waals surface area (Å²) in [5.74, 6) is 0.919. The maximum atomic E-state index is 13.0. The molecule has 1 aliphatic rings. The molecule has 1 amide bonds. The third-order valence-corrected chi connectivity index (χ3v) is 5.13. The molecular formula is C21H22N2O2. The van der Waals surface area contributed by atoms with Gasteiger partial charge in [-0.05, 0) is 50.1 Å². The van der Waals surface area contributed by atoms with Crippen molar-refractivity contribution in [3.8, 4) is 5.75 Å². The Bertz CT molecular complexity index is 954. The number of nitrogens with zero attached hydrogens (tertiary/aromatic N) is 1. The third-order valence-electron chi connectivity index (χ3n) is 5.13. The van der Waals surface area contributed by atoms with Gasteiger partial charge in [-0.25, -0.2) is 0 Å². The Hall–Kier alpha value is -2.75. The number of methoxy groups -OCH3 is 1. The lowest BCUT2D eigenvalue weighted by Crippen LogP contribution is -2.31. The molecule has 0 aliphatic carbocycles. The fraction of sp³-hybridized carbons (Fsp3) is 0.286. The second kappa shape index (κ2) is 5.96. The zero-order chi connectivity index (χ0) is 17.6. The van der Waals surface area contributed by atoms with Crippen molar-refractivity contribution in [1.29, 1.82) is 0 Å². The van der Waals surface area contributed by atoms with Crippen LogP contribution in [0.15, 0.2) is 36.4 Å². The van der Waals surface area contributed by atoms with Gasteiger partial charge in [0.1, 0.15) is 5.75 Å². The van der Waals surface area contributed by atoms with Crippen molar-refractivity contribution in [2.75, 3.05) is 13.7 Å². The summed E-state index contributed by atoms with van der Waals surface area (Å²) >= 11 is 0. The van der Waals surface area contributed by atoms with Crippen LogP contribution in [0, 0.1) is 13.8 Å². The number of aryl methyl sites for hydroxylation is 2. The smallest absolute Gasteiger partial charge is 0.254 e. The van der Waals surface area contributed by atoms with Crippen LogP contribution >= 0.6 is 0 Å². The second-order valence-corrected chi connectivity index (χ2v) is 6.74. The molecule has 128 valence electrons. The lowest BCUT2D eigenvalue weighted by atomic mass is 10.0. The predicted molar refractivity (Wildman–Crippen MR) is 99.2 cm³/mol. The van der Waals surface area contributed by atoms with Crippen molar-refractivity contribution in [1.82, 2.24) is 9.88 Å². The van der Waals surface area contributed by atoms with Gasteiger partial charge < -0.3 is 14.6 Å². The molecular weight excluding hydrogens is 312 g/mol. The fourth-order valence-corrected chi connectivity index (χ4v) is 3.77. The molecule has 0 bridgehead atoms. The summed E-state index contributed by atoms with van der Waals surface area (Å²) in [4.78, 5) is 18.4. The third kappa shape index (κ3) is 2.58. The van der Waals surface area contributed by atoms with E-state index in [0.717, 1.165) is 34.4 Å². The largest absolute Gasteiger partial charge is 0.496 e. The number of aromatic amines is 1. The molecule has 25 heavy (non-hydrogen) atoms. The summed E-state index contributed by atoms with van der Waals surface area (Å²) in [7, 11) is 1.69. The highest BCUT2D eigenvalue weighted by atomic mass is 16.5. The van der Waals surface area contributed by atoms with Crippen LogP contribution < -0.4 is 4.74 Å². The molecule has 0 unspecified atom stereocenters. The summed E-state index contributed by atoms with van der Waals surface area (Å²) in [5, 5.41) is 1.22. The Morgan fingerprint density at radius 2 is 1.84 bits per heavy atom. The van der Waals surface area contributed by atoms with Gasteiger partial charge in [0, 0.05) is 34.3 Å². The molecule has 0 spiro atoms. The molecule has 3 aromatic rings. The monoisotopic (exact) mass is 334 g/mol. The number of rotatable bonds is 2. The van der Waals surface area contributed by atoms with E-state index in [1.807, 2.05) is 42.2 Å². The molecule has 2 aromatic carbocycles. The van der Waals surface area contributed by atoms with Crippen molar-refractivity contribution in [3.63, 3.8) is 0 Å². The van der Waals surface area contributed by atoms with Gasteiger partial charge in [-0.2, -0.15) is 0 Å². The van der Waals surface area contributed by atoms with Crippen molar-refractivity contribution >= 4 is 16.8 Å². The minimum atomic E-state index is 0.0749. The van der Waals surface area contributed by atoms with E-state index in [0.29, 0.717) is 13.1 Å². The van der Waals surface area contributed by atoms with E-state index in [1.165, 1.54) is 16.6 Å². The minimum Gasteiger partial charge on any atom is -0.496 e. The molecule has 0 saturated heterocycles. The van der Waals surface area contributed by atoms with Crippen molar-refractivity contribution in [2.45, 2.75) is 26.8 Å². The Labute approximate surface area is 147 Å². The number of benzene rings is 2. The van der Waals surface area contributed by atoms with Crippen LogP contribution in [0.1, 0.15) is 32.7 Å². The van der Waals surface area contributed by atoms with Crippen LogP contribution in [-0.2, 0) is 13.0 Å². The second-order valence-electron chi connectivity index (χ2n) is 6.74. The highest BCUT2D eigenvalue weighted by Crippen LogP contribution is 2.35. The molecule has 4 nitrogen and oxygen atoms in total. The number of amides is 1. The SMILES string of the molecule is COc1ccc2[nH]c(C)c3c2c1CN(C(=O)c1ccc(C)cc1)CC3. The number of aromatic nitrogens is 1. The van der Waals surface area contributed by atoms with Gasteiger partial charge in [-0.15, -0.1) is 0 Å². The minimum absolute atomic E-state index is 0.0749. The quantitative estimate of drug-likeness (QED) is 0.770. The topological polar surface area (TPSA) is 45.3 Å². The Kier molecular flexibility index (Phi) is 3.75. The lowest BCUT2D eigenvalue weighted by molar-refractivity contribution is 0.0747. The van der Waals surface area contributed by atoms with Gasteiger partial charge in [0.2, 0.25) is 0 Å². The predicted octanol–water partition coefficient (Wildman–Crippen LogP) is 3.99. The van der Waals surface area contributed by atoms with Crippen LogP contribution in [0.3, 0.4) is 0 Å². The number of carbonyl (C=O) groups is 1. The molecule has 1 aromatic heterocycles. The maximum Gasteiger partial charge on any atom is 0.254 e. The van der Waals surface area contributed by atoms with E-state index in [2.05, 4.69) is 18.0 Å². The number of hydrogen-bond donors (Lipinski definition) is 1. The van der Waals surface area contributed by atoms with E-state index < -0.39 is 0 Å². The summed E-state index contributed by atoms with van der Waals surface area (Å²) in [6.45, 7) is 5.40. The fourth-order valence-electron chi connectivity index (χ4n) is 3.77. The lowest BCUT2D eigenvalue weighted by Gasteiger charge is -2.22. The number of ether oxygens (including phenoxy) is 1. The molecule has 2 heterocycles. The molecule has 1 N–H and O–H groups in total. The first-order valence-corrected chi connectivity index (χ1v) is 8.61. The van der Waals surface area contributed by atoms with Crippen LogP contribution in [-0.4, -0.2) is 29.4 Å². The Balaban J connectivity index is 1.77. The number of hydrogen-bond acceptors (Lipinski definition) is 2. The van der Waals surface area contributed by atoms with Gasteiger partial charge in [0.15, 0.2) is 0 Å². The van der Waals surface area contributed by atoms with Gasteiger partial charge in [-0.3, -0.25) is 4.79 Å². The first kappa shape index (κ1) is 15.8. The summed E-state index contributed by atoms with van der Waals surface area (Å²) < 4.78 is 5.60. The van der Waals surface area contributed by atoms with E-state index in [1.54, 1.807) is 7.11 Å². The zero-order valence-electron chi connectivity index (χ0n) is 14.8. The van der Waals surface area contributed by atoms with E-state index in [4.69, 9.17) is 4.74 Å². The average molecular weight is 334 g/mol. The molecule has 0 saturated carbocycles. The Morgan fingerprint density at radius 3 is 2.56 bits per heavy atom. The van der Waals surface area contributed by atoms with Crippen molar-refractivity contribution < 1.29 is 9.53 Å². The highest BCUT2D eigenvalue weighted by molar-refractivity contribution is 5.96. The normalized spacial score (nSPS) is 13.8. The zero-order valence-corrected chi connectivity index (χ0v) is 14.8.